The number of carbonyl (C=O) groups is 2. The van der Waals surface area contributed by atoms with Crippen molar-refractivity contribution in [3.05, 3.63) is 102 Å². The summed E-state index contributed by atoms with van der Waals surface area (Å²) >= 11 is 0. The number of hydrogen-bond donors (Lipinski definition) is 1. The van der Waals surface area contributed by atoms with Gasteiger partial charge in [0.1, 0.15) is 24.2 Å². The fourth-order valence-electron chi connectivity index (χ4n) is 4.11. The average Bonchev–Trinajstić information content (AvgIpc) is 2.95. The van der Waals surface area contributed by atoms with Crippen LogP contribution in [0.5, 0.6) is 0 Å². The zero-order valence-corrected chi connectivity index (χ0v) is 24.4. The Hall–Kier alpha value is -3.83. The monoisotopic (exact) mass is 586 g/mol. The van der Waals surface area contributed by atoms with Crippen molar-refractivity contribution in [3.8, 4) is 0 Å². The molecule has 3 aromatic rings. The van der Waals surface area contributed by atoms with E-state index in [0.29, 0.717) is 12.0 Å². The average molecular weight is 587 g/mol. The van der Waals surface area contributed by atoms with Crippen LogP contribution in [-0.2, 0) is 32.8 Å². The molecule has 2 atom stereocenters. The standard InChI is InChI=1S/C30H36F2N4O4S/c1-5-22(2)33-30(38)28(19-23-9-7-6-8-10-23)35(20-24-11-13-25(31)14-12-24)29(37)21-36(41(39,40)34(3)4)27-17-15-26(32)16-18-27/h6-18,22,28H,5,19-21H2,1-4H3,(H,33,38)/t22-,28-/m1/s1. The van der Waals surface area contributed by atoms with Crippen LogP contribution in [0.1, 0.15) is 31.4 Å². The van der Waals surface area contributed by atoms with Crippen LogP contribution in [0.4, 0.5) is 14.5 Å². The Bertz CT molecular complexity index is 1400. The van der Waals surface area contributed by atoms with E-state index in [1.54, 1.807) is 0 Å². The van der Waals surface area contributed by atoms with E-state index in [1.165, 1.54) is 55.4 Å². The highest BCUT2D eigenvalue weighted by Crippen LogP contribution is 2.22. The Morgan fingerprint density at radius 2 is 1.41 bits per heavy atom. The summed E-state index contributed by atoms with van der Waals surface area (Å²) in [5.41, 5.74) is 1.43. The van der Waals surface area contributed by atoms with Gasteiger partial charge in [-0.15, -0.1) is 0 Å². The summed E-state index contributed by atoms with van der Waals surface area (Å²) in [6.45, 7) is 3.04. The summed E-state index contributed by atoms with van der Waals surface area (Å²) in [4.78, 5) is 29.1. The van der Waals surface area contributed by atoms with Crippen LogP contribution in [0, 0.1) is 11.6 Å². The van der Waals surface area contributed by atoms with Crippen molar-refractivity contribution in [2.24, 2.45) is 0 Å². The van der Waals surface area contributed by atoms with Crippen LogP contribution in [0.2, 0.25) is 0 Å². The van der Waals surface area contributed by atoms with Crippen molar-refractivity contribution in [1.29, 1.82) is 0 Å². The molecule has 0 aromatic heterocycles. The minimum Gasteiger partial charge on any atom is -0.352 e. The van der Waals surface area contributed by atoms with E-state index in [1.807, 2.05) is 44.2 Å². The lowest BCUT2D eigenvalue weighted by molar-refractivity contribution is -0.140. The summed E-state index contributed by atoms with van der Waals surface area (Å²) < 4.78 is 55.8. The van der Waals surface area contributed by atoms with E-state index in [-0.39, 0.29) is 24.7 Å². The van der Waals surface area contributed by atoms with Crippen molar-refractivity contribution in [2.45, 2.75) is 45.3 Å². The Morgan fingerprint density at radius 3 is 1.95 bits per heavy atom. The third-order valence-corrected chi connectivity index (χ3v) is 8.49. The van der Waals surface area contributed by atoms with Gasteiger partial charge in [-0.05, 0) is 60.9 Å². The number of hydrogen-bond acceptors (Lipinski definition) is 4. The number of rotatable bonds is 13. The van der Waals surface area contributed by atoms with E-state index in [2.05, 4.69) is 5.32 Å². The molecule has 8 nitrogen and oxygen atoms in total. The number of anilines is 1. The second-order valence-electron chi connectivity index (χ2n) is 9.94. The molecule has 0 radical (unpaired) electrons. The number of amides is 2. The smallest absolute Gasteiger partial charge is 0.304 e. The predicted molar refractivity (Wildman–Crippen MR) is 155 cm³/mol. The van der Waals surface area contributed by atoms with Gasteiger partial charge in [0, 0.05) is 33.1 Å². The van der Waals surface area contributed by atoms with Crippen LogP contribution >= 0.6 is 0 Å². The molecular formula is C30H36F2N4O4S. The second kappa shape index (κ2) is 14.2. The fourth-order valence-corrected chi connectivity index (χ4v) is 5.16. The molecule has 3 aromatic carbocycles. The fraction of sp³-hybridized carbons (Fsp3) is 0.333. The maximum absolute atomic E-state index is 14.1. The molecule has 0 aliphatic carbocycles. The predicted octanol–water partition coefficient (Wildman–Crippen LogP) is 4.13. The highest BCUT2D eigenvalue weighted by Gasteiger charge is 2.35. The maximum Gasteiger partial charge on any atom is 0.304 e. The summed E-state index contributed by atoms with van der Waals surface area (Å²) in [5, 5.41) is 2.95. The Morgan fingerprint density at radius 1 is 0.854 bits per heavy atom. The van der Waals surface area contributed by atoms with Gasteiger partial charge >= 0.3 is 10.2 Å². The molecule has 0 spiro atoms. The van der Waals surface area contributed by atoms with Crippen molar-refractivity contribution >= 4 is 27.7 Å². The highest BCUT2D eigenvalue weighted by atomic mass is 32.2. The molecule has 2 amide bonds. The van der Waals surface area contributed by atoms with Gasteiger partial charge in [0.2, 0.25) is 11.8 Å². The number of benzene rings is 3. The summed E-state index contributed by atoms with van der Waals surface area (Å²) in [6.07, 6.45) is 0.822. The number of halogens is 2. The van der Waals surface area contributed by atoms with Crippen molar-refractivity contribution in [2.75, 3.05) is 24.9 Å². The lowest BCUT2D eigenvalue weighted by atomic mass is 10.0. The van der Waals surface area contributed by atoms with E-state index in [0.717, 1.165) is 26.3 Å². The topological polar surface area (TPSA) is 90.0 Å². The van der Waals surface area contributed by atoms with Gasteiger partial charge in [-0.3, -0.25) is 9.59 Å². The lowest BCUT2D eigenvalue weighted by Gasteiger charge is -2.35. The first-order valence-electron chi connectivity index (χ1n) is 13.3. The van der Waals surface area contributed by atoms with E-state index < -0.39 is 46.2 Å². The van der Waals surface area contributed by atoms with Crippen LogP contribution < -0.4 is 9.62 Å². The molecule has 0 unspecified atom stereocenters. The molecule has 0 fully saturated rings. The third-order valence-electron chi connectivity index (χ3n) is 6.67. The molecule has 0 aliphatic rings. The molecule has 41 heavy (non-hydrogen) atoms. The Balaban J connectivity index is 2.08. The van der Waals surface area contributed by atoms with Crippen molar-refractivity contribution < 1.29 is 26.8 Å². The molecule has 3 rings (SSSR count). The lowest BCUT2D eigenvalue weighted by Crippen LogP contribution is -2.55. The molecular weight excluding hydrogens is 550 g/mol. The van der Waals surface area contributed by atoms with Gasteiger partial charge in [0.25, 0.3) is 0 Å². The molecule has 11 heteroatoms. The zero-order valence-electron chi connectivity index (χ0n) is 23.6. The highest BCUT2D eigenvalue weighted by molar-refractivity contribution is 7.90. The van der Waals surface area contributed by atoms with Gasteiger partial charge < -0.3 is 10.2 Å². The molecule has 0 heterocycles. The summed E-state index contributed by atoms with van der Waals surface area (Å²) in [7, 11) is -1.55. The van der Waals surface area contributed by atoms with Crippen LogP contribution in [0.15, 0.2) is 78.9 Å². The molecule has 220 valence electrons. The first-order chi connectivity index (χ1) is 19.4. The second-order valence-corrected chi connectivity index (χ2v) is 12.0. The summed E-state index contributed by atoms with van der Waals surface area (Å²) in [5.74, 6) is -2.09. The molecule has 0 saturated heterocycles. The maximum atomic E-state index is 14.1. The Kier molecular flexibility index (Phi) is 11.0. The molecule has 0 aliphatic heterocycles. The quantitative estimate of drug-likeness (QED) is 0.326. The number of nitrogens with zero attached hydrogens (tertiary/aromatic N) is 3. The Labute approximate surface area is 240 Å². The molecule has 0 bridgehead atoms. The largest absolute Gasteiger partial charge is 0.352 e. The first kappa shape index (κ1) is 31.7. The third kappa shape index (κ3) is 8.58. The van der Waals surface area contributed by atoms with E-state index in [4.69, 9.17) is 0 Å². The first-order valence-corrected chi connectivity index (χ1v) is 14.7. The molecule has 0 saturated carbocycles. The van der Waals surface area contributed by atoms with Gasteiger partial charge in [-0.2, -0.15) is 12.7 Å². The number of carbonyl (C=O) groups excluding carboxylic acids is 2. The van der Waals surface area contributed by atoms with E-state index >= 15 is 0 Å². The van der Waals surface area contributed by atoms with Crippen LogP contribution in [0.3, 0.4) is 0 Å². The van der Waals surface area contributed by atoms with Gasteiger partial charge in [0.15, 0.2) is 0 Å². The summed E-state index contributed by atoms with van der Waals surface area (Å²) in [6, 6.07) is 18.3. The minimum atomic E-state index is -4.19. The van der Waals surface area contributed by atoms with Crippen LogP contribution in [0.25, 0.3) is 0 Å². The van der Waals surface area contributed by atoms with Crippen LogP contribution in [-0.4, -0.2) is 62.2 Å². The normalized spacial score (nSPS) is 13.0. The van der Waals surface area contributed by atoms with Gasteiger partial charge in [-0.1, -0.05) is 49.4 Å². The molecule has 1 N–H and O–H groups in total. The van der Waals surface area contributed by atoms with Crippen molar-refractivity contribution in [3.63, 3.8) is 0 Å². The zero-order chi connectivity index (χ0) is 30.2. The van der Waals surface area contributed by atoms with Gasteiger partial charge in [0.05, 0.1) is 5.69 Å². The van der Waals surface area contributed by atoms with E-state index in [9.17, 15) is 26.8 Å². The number of nitrogens with one attached hydrogen (secondary N) is 1. The SMILES string of the molecule is CC[C@@H](C)NC(=O)[C@@H](Cc1ccccc1)N(Cc1ccc(F)cc1)C(=O)CN(c1ccc(F)cc1)S(=O)(=O)N(C)C. The van der Waals surface area contributed by atoms with Gasteiger partial charge in [-0.25, -0.2) is 13.1 Å². The minimum absolute atomic E-state index is 0.0796. The van der Waals surface area contributed by atoms with Crippen molar-refractivity contribution in [1.82, 2.24) is 14.5 Å².